The summed E-state index contributed by atoms with van der Waals surface area (Å²) in [5.41, 5.74) is 7.82. The molecular formula is C15H21ClN4O. The number of nitrogens with zero attached hydrogens (tertiary/aromatic N) is 3. The van der Waals surface area contributed by atoms with Crippen molar-refractivity contribution in [3.8, 4) is 5.88 Å². The Morgan fingerprint density at radius 3 is 2.67 bits per heavy atom. The molecule has 1 saturated heterocycles. The van der Waals surface area contributed by atoms with Crippen LogP contribution in [0.3, 0.4) is 0 Å². The van der Waals surface area contributed by atoms with Crippen LogP contribution in [0.15, 0.2) is 24.3 Å². The first-order valence-corrected chi connectivity index (χ1v) is 7.18. The highest BCUT2D eigenvalue weighted by Gasteiger charge is 2.22. The molecule has 1 aliphatic rings. The van der Waals surface area contributed by atoms with E-state index in [2.05, 4.69) is 9.88 Å². The Bertz CT molecular complexity index is 607. The Balaban J connectivity index is 0.00000161. The van der Waals surface area contributed by atoms with E-state index in [4.69, 9.17) is 15.5 Å². The van der Waals surface area contributed by atoms with E-state index in [0.717, 1.165) is 42.8 Å². The number of hydrogen-bond donors (Lipinski definition) is 1. The van der Waals surface area contributed by atoms with Gasteiger partial charge in [-0.1, -0.05) is 12.1 Å². The lowest BCUT2D eigenvalue weighted by molar-refractivity contribution is 0.325. The highest BCUT2D eigenvalue weighted by atomic mass is 35.5. The Morgan fingerprint density at radius 1 is 1.29 bits per heavy atom. The summed E-state index contributed by atoms with van der Waals surface area (Å²) in [6, 6.07) is 8.07. The normalized spacial score (nSPS) is 18.4. The first kappa shape index (κ1) is 15.8. The molecule has 1 unspecified atom stereocenters. The van der Waals surface area contributed by atoms with Gasteiger partial charge in [0, 0.05) is 19.1 Å². The number of aromatic nitrogens is 2. The first-order valence-electron chi connectivity index (χ1n) is 7.18. The largest absolute Gasteiger partial charge is 0.475 e. The van der Waals surface area contributed by atoms with Gasteiger partial charge in [0.05, 0.1) is 17.6 Å². The minimum Gasteiger partial charge on any atom is -0.475 e. The summed E-state index contributed by atoms with van der Waals surface area (Å²) in [6.07, 6.45) is 2.16. The number of piperidine rings is 1. The van der Waals surface area contributed by atoms with E-state index in [0.29, 0.717) is 12.5 Å². The third-order valence-corrected chi connectivity index (χ3v) is 3.56. The van der Waals surface area contributed by atoms with Gasteiger partial charge >= 0.3 is 0 Å². The summed E-state index contributed by atoms with van der Waals surface area (Å²) >= 11 is 0. The first-order chi connectivity index (χ1) is 9.78. The summed E-state index contributed by atoms with van der Waals surface area (Å²) in [6.45, 7) is 4.32. The average Bonchev–Trinajstić information content (AvgIpc) is 2.47. The van der Waals surface area contributed by atoms with Crippen molar-refractivity contribution in [3.05, 3.63) is 24.3 Å². The van der Waals surface area contributed by atoms with Gasteiger partial charge in [-0.25, -0.2) is 9.97 Å². The molecule has 1 aliphatic heterocycles. The van der Waals surface area contributed by atoms with Gasteiger partial charge in [0.25, 0.3) is 5.88 Å². The number of benzene rings is 1. The van der Waals surface area contributed by atoms with Gasteiger partial charge in [-0.2, -0.15) is 0 Å². The van der Waals surface area contributed by atoms with Crippen molar-refractivity contribution in [1.29, 1.82) is 0 Å². The molecule has 21 heavy (non-hydrogen) atoms. The van der Waals surface area contributed by atoms with E-state index >= 15 is 0 Å². The minimum absolute atomic E-state index is 0. The third-order valence-electron chi connectivity index (χ3n) is 3.56. The monoisotopic (exact) mass is 308 g/mol. The lowest BCUT2D eigenvalue weighted by Crippen LogP contribution is -2.43. The predicted molar refractivity (Wildman–Crippen MR) is 87.4 cm³/mol. The summed E-state index contributed by atoms with van der Waals surface area (Å²) < 4.78 is 5.68. The second kappa shape index (κ2) is 6.91. The quantitative estimate of drug-likeness (QED) is 0.943. The smallest absolute Gasteiger partial charge is 0.258 e. The molecule has 1 aromatic heterocycles. The fourth-order valence-electron chi connectivity index (χ4n) is 2.62. The summed E-state index contributed by atoms with van der Waals surface area (Å²) in [5.74, 6) is 1.43. The highest BCUT2D eigenvalue weighted by molar-refractivity contribution is 5.85. The molecule has 1 fully saturated rings. The van der Waals surface area contributed by atoms with E-state index in [-0.39, 0.29) is 18.4 Å². The van der Waals surface area contributed by atoms with Gasteiger partial charge in [-0.15, -0.1) is 12.4 Å². The molecule has 0 amide bonds. The number of rotatable bonds is 3. The Morgan fingerprint density at radius 2 is 2.00 bits per heavy atom. The van der Waals surface area contributed by atoms with Crippen LogP contribution in [0.25, 0.3) is 11.0 Å². The van der Waals surface area contributed by atoms with Crippen molar-refractivity contribution in [2.75, 3.05) is 24.6 Å². The molecule has 0 aliphatic carbocycles. The Labute approximate surface area is 130 Å². The summed E-state index contributed by atoms with van der Waals surface area (Å²) in [7, 11) is 0. The number of ether oxygens (including phenoxy) is 1. The van der Waals surface area contributed by atoms with E-state index < -0.39 is 0 Å². The molecule has 2 N–H and O–H groups in total. The van der Waals surface area contributed by atoms with Crippen LogP contribution in [0.1, 0.15) is 19.8 Å². The van der Waals surface area contributed by atoms with Gasteiger partial charge in [0.15, 0.2) is 5.82 Å². The zero-order valence-corrected chi connectivity index (χ0v) is 13.0. The number of para-hydroxylation sites is 2. The van der Waals surface area contributed by atoms with E-state index in [9.17, 15) is 0 Å². The van der Waals surface area contributed by atoms with Crippen LogP contribution in [0, 0.1) is 0 Å². The molecule has 3 rings (SSSR count). The van der Waals surface area contributed by atoms with Crippen LogP contribution in [0.2, 0.25) is 0 Å². The van der Waals surface area contributed by atoms with Gasteiger partial charge in [-0.05, 0) is 31.9 Å². The molecule has 2 aromatic rings. The van der Waals surface area contributed by atoms with Crippen LogP contribution in [-0.2, 0) is 0 Å². The molecule has 0 bridgehead atoms. The van der Waals surface area contributed by atoms with E-state index in [1.54, 1.807) is 0 Å². The van der Waals surface area contributed by atoms with Crippen molar-refractivity contribution >= 4 is 29.3 Å². The molecule has 6 heteroatoms. The number of hydrogen-bond acceptors (Lipinski definition) is 5. The molecule has 1 atom stereocenters. The number of nitrogens with two attached hydrogens (primary N) is 1. The molecule has 5 nitrogen and oxygen atoms in total. The molecule has 114 valence electrons. The maximum atomic E-state index is 6.07. The van der Waals surface area contributed by atoms with Gasteiger partial charge in [0.1, 0.15) is 0 Å². The predicted octanol–water partition coefficient (Wildman–Crippen LogP) is 2.38. The van der Waals surface area contributed by atoms with Gasteiger partial charge in [-0.3, -0.25) is 0 Å². The zero-order valence-electron chi connectivity index (χ0n) is 12.2. The van der Waals surface area contributed by atoms with E-state index in [1.807, 2.05) is 31.2 Å². The van der Waals surface area contributed by atoms with Crippen molar-refractivity contribution in [2.45, 2.75) is 25.8 Å². The van der Waals surface area contributed by atoms with Gasteiger partial charge < -0.3 is 15.4 Å². The molecular weight excluding hydrogens is 288 g/mol. The number of halogens is 1. The maximum Gasteiger partial charge on any atom is 0.258 e. The minimum atomic E-state index is 0. The fourth-order valence-corrected chi connectivity index (χ4v) is 2.62. The summed E-state index contributed by atoms with van der Waals surface area (Å²) in [5, 5.41) is 0. The zero-order chi connectivity index (χ0) is 13.9. The number of fused-ring (bicyclic) bond motifs is 1. The molecule has 0 radical (unpaired) electrons. The summed E-state index contributed by atoms with van der Waals surface area (Å²) in [4.78, 5) is 11.5. The lowest BCUT2D eigenvalue weighted by Gasteiger charge is -2.32. The molecule has 0 saturated carbocycles. The average molecular weight is 309 g/mol. The molecule has 1 aromatic carbocycles. The third kappa shape index (κ3) is 3.36. The standard InChI is InChI=1S/C15H20N4O.ClH/c1-2-20-15-14(19-9-5-6-11(16)10-19)17-12-7-3-4-8-13(12)18-15;/h3-4,7-8,11H,2,5-6,9-10,16H2,1H3;1H. The van der Waals surface area contributed by atoms with Crippen LogP contribution < -0.4 is 15.4 Å². The maximum absolute atomic E-state index is 6.07. The van der Waals surface area contributed by atoms with Crippen molar-refractivity contribution in [3.63, 3.8) is 0 Å². The van der Waals surface area contributed by atoms with E-state index in [1.165, 1.54) is 0 Å². The Kier molecular flexibility index (Phi) is 5.20. The molecule has 2 heterocycles. The van der Waals surface area contributed by atoms with Crippen LogP contribution in [0.4, 0.5) is 5.82 Å². The number of anilines is 1. The van der Waals surface area contributed by atoms with Crippen LogP contribution in [-0.4, -0.2) is 35.7 Å². The second-order valence-corrected chi connectivity index (χ2v) is 5.12. The lowest BCUT2D eigenvalue weighted by atomic mass is 10.1. The SMILES string of the molecule is CCOc1nc2ccccc2nc1N1CCCC(N)C1.Cl. The topological polar surface area (TPSA) is 64.3 Å². The van der Waals surface area contributed by atoms with Crippen molar-refractivity contribution in [1.82, 2.24) is 9.97 Å². The van der Waals surface area contributed by atoms with Crippen LogP contribution >= 0.6 is 12.4 Å². The van der Waals surface area contributed by atoms with Gasteiger partial charge in [0.2, 0.25) is 0 Å². The highest BCUT2D eigenvalue weighted by Crippen LogP contribution is 2.28. The van der Waals surface area contributed by atoms with Crippen LogP contribution in [0.5, 0.6) is 5.88 Å². The second-order valence-electron chi connectivity index (χ2n) is 5.12. The fraction of sp³-hybridized carbons (Fsp3) is 0.467. The van der Waals surface area contributed by atoms with Crippen molar-refractivity contribution < 1.29 is 4.74 Å². The molecule has 0 spiro atoms. The Hall–Kier alpha value is -1.59. The van der Waals surface area contributed by atoms with Crippen molar-refractivity contribution in [2.24, 2.45) is 5.73 Å².